The van der Waals surface area contributed by atoms with Crippen LogP contribution in [0.2, 0.25) is 0 Å². The third-order valence-electron chi connectivity index (χ3n) is 4.15. The van der Waals surface area contributed by atoms with Gasteiger partial charge in [-0.05, 0) is 19.4 Å². The molecule has 0 unspecified atom stereocenters. The molecule has 2 aromatic rings. The number of hydrogen-bond acceptors (Lipinski definition) is 5. The molecule has 0 saturated heterocycles. The van der Waals surface area contributed by atoms with Crippen LogP contribution in [0.4, 0.5) is 0 Å². The maximum absolute atomic E-state index is 5.71. The lowest BCUT2D eigenvalue weighted by atomic mass is 10.2. The van der Waals surface area contributed by atoms with Crippen molar-refractivity contribution in [3.05, 3.63) is 54.1 Å². The Morgan fingerprint density at radius 2 is 2.07 bits per heavy atom. The largest absolute Gasteiger partial charge is 0.489 e. The Balaban J connectivity index is 0.00000420. The fraction of sp³-hybridized carbons (Fsp3) is 0.450. The van der Waals surface area contributed by atoms with Crippen LogP contribution in [0.3, 0.4) is 0 Å². The summed E-state index contributed by atoms with van der Waals surface area (Å²) in [5.74, 6) is 3.24. The Morgan fingerprint density at radius 1 is 1.28 bits per heavy atom. The van der Waals surface area contributed by atoms with Gasteiger partial charge in [0.05, 0.1) is 13.1 Å². The Hall–Kier alpha value is -2.14. The van der Waals surface area contributed by atoms with E-state index in [0.717, 1.165) is 35.9 Å². The van der Waals surface area contributed by atoms with E-state index in [0.29, 0.717) is 32.3 Å². The standard InChI is InChI=1S/C20H30N6O2.HI/c1-5-12-28-18-10-7-6-9-17(18)14-22-20(21-11-8-13-27-4)23-15-19-25-24-16(2)26(19)3;/h5-7,9-10H,1,8,11-15H2,2-4H3,(H2,21,22,23);1H. The second-order valence-electron chi connectivity index (χ2n) is 6.22. The van der Waals surface area contributed by atoms with Crippen LogP contribution >= 0.6 is 24.0 Å². The van der Waals surface area contributed by atoms with Crippen LogP contribution in [0.1, 0.15) is 23.6 Å². The van der Waals surface area contributed by atoms with Crippen molar-refractivity contribution < 1.29 is 9.47 Å². The second-order valence-corrected chi connectivity index (χ2v) is 6.22. The number of rotatable bonds is 11. The third-order valence-corrected chi connectivity index (χ3v) is 4.15. The van der Waals surface area contributed by atoms with Gasteiger partial charge >= 0.3 is 0 Å². The van der Waals surface area contributed by atoms with Crippen molar-refractivity contribution in [2.45, 2.75) is 26.4 Å². The lowest BCUT2D eigenvalue weighted by Gasteiger charge is -2.13. The number of aromatic nitrogens is 3. The van der Waals surface area contributed by atoms with Gasteiger partial charge in [-0.1, -0.05) is 30.9 Å². The molecular formula is C20H31IN6O2. The van der Waals surface area contributed by atoms with Gasteiger partial charge in [0.15, 0.2) is 11.8 Å². The Morgan fingerprint density at radius 3 is 2.76 bits per heavy atom. The first-order valence-corrected chi connectivity index (χ1v) is 9.33. The van der Waals surface area contributed by atoms with E-state index in [9.17, 15) is 0 Å². The number of aliphatic imine (C=N–C) groups is 1. The van der Waals surface area contributed by atoms with Gasteiger partial charge in [0.1, 0.15) is 18.2 Å². The van der Waals surface area contributed by atoms with Crippen molar-refractivity contribution in [1.29, 1.82) is 0 Å². The molecule has 0 amide bonds. The topological polar surface area (TPSA) is 85.6 Å². The Labute approximate surface area is 189 Å². The molecule has 9 heteroatoms. The summed E-state index contributed by atoms with van der Waals surface area (Å²) >= 11 is 0. The van der Waals surface area contributed by atoms with Crippen molar-refractivity contribution in [3.8, 4) is 5.75 Å². The minimum Gasteiger partial charge on any atom is -0.489 e. The minimum absolute atomic E-state index is 0. The fourth-order valence-corrected chi connectivity index (χ4v) is 2.45. The average Bonchev–Trinajstić information content (AvgIpc) is 3.03. The molecular weight excluding hydrogens is 483 g/mol. The zero-order valence-corrected chi connectivity index (χ0v) is 19.7. The Bertz CT molecular complexity index is 778. The van der Waals surface area contributed by atoms with Gasteiger partial charge in [-0.25, -0.2) is 4.99 Å². The summed E-state index contributed by atoms with van der Waals surface area (Å²) in [6, 6.07) is 7.88. The number of guanidine groups is 1. The summed E-state index contributed by atoms with van der Waals surface area (Å²) < 4.78 is 12.8. The summed E-state index contributed by atoms with van der Waals surface area (Å²) in [7, 11) is 3.65. The van der Waals surface area contributed by atoms with E-state index in [-0.39, 0.29) is 24.0 Å². The van der Waals surface area contributed by atoms with Crippen molar-refractivity contribution in [2.24, 2.45) is 12.0 Å². The highest BCUT2D eigenvalue weighted by Gasteiger charge is 2.07. The molecule has 0 aliphatic carbocycles. The third kappa shape index (κ3) is 8.40. The van der Waals surface area contributed by atoms with E-state index < -0.39 is 0 Å². The highest BCUT2D eigenvalue weighted by atomic mass is 127. The zero-order chi connectivity index (χ0) is 20.2. The number of methoxy groups -OCH3 is 1. The van der Waals surface area contributed by atoms with Gasteiger partial charge in [-0.3, -0.25) is 0 Å². The normalized spacial score (nSPS) is 10.9. The van der Waals surface area contributed by atoms with Gasteiger partial charge in [-0.15, -0.1) is 34.2 Å². The molecule has 1 aromatic carbocycles. The van der Waals surface area contributed by atoms with Crippen LogP contribution in [0.5, 0.6) is 5.75 Å². The summed E-state index contributed by atoms with van der Waals surface area (Å²) in [6.45, 7) is 8.56. The molecule has 1 heterocycles. The predicted octanol–water partition coefficient (Wildman–Crippen LogP) is 2.58. The first-order valence-electron chi connectivity index (χ1n) is 9.33. The Kier molecular flexibility index (Phi) is 12.0. The molecule has 0 aliphatic rings. The summed E-state index contributed by atoms with van der Waals surface area (Å²) in [4.78, 5) is 4.70. The molecule has 0 fully saturated rings. The maximum atomic E-state index is 5.71. The number of ether oxygens (including phenoxy) is 2. The van der Waals surface area contributed by atoms with Crippen LogP contribution in [0.15, 0.2) is 41.9 Å². The smallest absolute Gasteiger partial charge is 0.191 e. The number of benzene rings is 1. The highest BCUT2D eigenvalue weighted by molar-refractivity contribution is 14.0. The number of hydrogen-bond donors (Lipinski definition) is 2. The fourth-order valence-electron chi connectivity index (χ4n) is 2.45. The number of para-hydroxylation sites is 1. The molecule has 0 radical (unpaired) electrons. The second kappa shape index (κ2) is 13.9. The summed E-state index contributed by atoms with van der Waals surface area (Å²) in [6.07, 6.45) is 2.62. The average molecular weight is 514 g/mol. The predicted molar refractivity (Wildman–Crippen MR) is 126 cm³/mol. The molecule has 1 aromatic heterocycles. The molecule has 2 N–H and O–H groups in total. The number of nitrogens with one attached hydrogen (secondary N) is 2. The summed E-state index contributed by atoms with van der Waals surface area (Å²) in [5, 5.41) is 14.9. The van der Waals surface area contributed by atoms with Crippen LogP contribution < -0.4 is 15.4 Å². The molecule has 0 aliphatic heterocycles. The quantitative estimate of drug-likeness (QED) is 0.158. The lowest BCUT2D eigenvalue weighted by Crippen LogP contribution is -2.38. The molecule has 160 valence electrons. The van der Waals surface area contributed by atoms with Gasteiger partial charge in [0.2, 0.25) is 0 Å². The highest BCUT2D eigenvalue weighted by Crippen LogP contribution is 2.18. The first-order chi connectivity index (χ1) is 13.7. The van der Waals surface area contributed by atoms with Crippen molar-refractivity contribution in [1.82, 2.24) is 25.4 Å². The van der Waals surface area contributed by atoms with Gasteiger partial charge in [0, 0.05) is 32.9 Å². The SMILES string of the molecule is C=CCOc1ccccc1CN=C(NCCCOC)NCc1nnc(C)n1C.I. The van der Waals surface area contributed by atoms with Crippen molar-refractivity contribution >= 4 is 29.9 Å². The zero-order valence-electron chi connectivity index (χ0n) is 17.4. The van der Waals surface area contributed by atoms with Crippen molar-refractivity contribution in [2.75, 3.05) is 26.9 Å². The van der Waals surface area contributed by atoms with E-state index in [2.05, 4.69) is 27.4 Å². The van der Waals surface area contributed by atoms with Gasteiger partial charge < -0.3 is 24.7 Å². The number of nitrogens with zero attached hydrogens (tertiary/aromatic N) is 4. The van der Waals surface area contributed by atoms with Crippen molar-refractivity contribution in [3.63, 3.8) is 0 Å². The minimum atomic E-state index is 0. The van der Waals surface area contributed by atoms with E-state index in [4.69, 9.17) is 14.5 Å². The maximum Gasteiger partial charge on any atom is 0.191 e. The molecule has 0 spiro atoms. The van der Waals surface area contributed by atoms with Crippen LogP contribution in [0.25, 0.3) is 0 Å². The van der Waals surface area contributed by atoms with E-state index in [1.165, 1.54) is 0 Å². The van der Waals surface area contributed by atoms with E-state index in [1.807, 2.05) is 42.8 Å². The molecule has 0 saturated carbocycles. The first kappa shape index (κ1) is 24.9. The van der Waals surface area contributed by atoms with Crippen LogP contribution in [-0.2, 0) is 24.9 Å². The summed E-state index contributed by atoms with van der Waals surface area (Å²) in [5.41, 5.74) is 1.01. The van der Waals surface area contributed by atoms with E-state index in [1.54, 1.807) is 13.2 Å². The number of halogens is 1. The lowest BCUT2D eigenvalue weighted by molar-refractivity contribution is 0.195. The van der Waals surface area contributed by atoms with Crippen LogP contribution in [0, 0.1) is 6.92 Å². The van der Waals surface area contributed by atoms with Gasteiger partial charge in [0.25, 0.3) is 0 Å². The van der Waals surface area contributed by atoms with Crippen LogP contribution in [-0.4, -0.2) is 47.6 Å². The monoisotopic (exact) mass is 514 g/mol. The molecule has 0 bridgehead atoms. The van der Waals surface area contributed by atoms with Gasteiger partial charge in [-0.2, -0.15) is 0 Å². The number of aryl methyl sites for hydroxylation is 1. The molecule has 8 nitrogen and oxygen atoms in total. The molecule has 0 atom stereocenters. The van der Waals surface area contributed by atoms with E-state index >= 15 is 0 Å². The molecule has 2 rings (SSSR count). The molecule has 29 heavy (non-hydrogen) atoms.